The molecule has 2 aromatic rings. The van der Waals surface area contributed by atoms with E-state index in [0.29, 0.717) is 12.4 Å². The summed E-state index contributed by atoms with van der Waals surface area (Å²) < 4.78 is 11.5. The van der Waals surface area contributed by atoms with Crippen molar-refractivity contribution < 1.29 is 19.1 Å². The number of ether oxygens (including phenoxy) is 2. The molecule has 1 aromatic carbocycles. The number of carbonyl (C=O) groups is 2. The molecule has 1 aliphatic heterocycles. The van der Waals surface area contributed by atoms with E-state index in [9.17, 15) is 9.59 Å². The average Bonchev–Trinajstić information content (AvgIpc) is 3.26. The van der Waals surface area contributed by atoms with Crippen molar-refractivity contribution in [3.63, 3.8) is 0 Å². The molecule has 8 nitrogen and oxygen atoms in total. The van der Waals surface area contributed by atoms with Crippen molar-refractivity contribution >= 4 is 29.1 Å². The predicted molar refractivity (Wildman–Crippen MR) is 127 cm³/mol. The van der Waals surface area contributed by atoms with Crippen LogP contribution in [0.2, 0.25) is 5.02 Å². The first kappa shape index (κ1) is 24.8. The Balaban J connectivity index is 1.58. The average molecular weight is 475 g/mol. The van der Waals surface area contributed by atoms with Crippen molar-refractivity contribution in [2.45, 2.75) is 58.6 Å². The first-order valence-electron chi connectivity index (χ1n) is 11.2. The third-order valence-electron chi connectivity index (χ3n) is 5.67. The van der Waals surface area contributed by atoms with E-state index in [1.807, 2.05) is 49.9 Å². The van der Waals surface area contributed by atoms with Gasteiger partial charge in [0.05, 0.1) is 12.5 Å². The van der Waals surface area contributed by atoms with Crippen LogP contribution in [-0.2, 0) is 9.59 Å². The van der Waals surface area contributed by atoms with Gasteiger partial charge in [-0.2, -0.15) is 0 Å². The molecule has 3 atom stereocenters. The molecule has 2 unspecified atom stereocenters. The molecule has 0 radical (unpaired) electrons. The first-order chi connectivity index (χ1) is 15.8. The Labute approximate surface area is 199 Å². The number of rotatable bonds is 10. The summed E-state index contributed by atoms with van der Waals surface area (Å²) in [7, 11) is 0. The van der Waals surface area contributed by atoms with E-state index in [0.717, 1.165) is 30.7 Å². The van der Waals surface area contributed by atoms with E-state index in [-0.39, 0.29) is 47.3 Å². The molecule has 1 N–H and O–H groups in total. The van der Waals surface area contributed by atoms with Gasteiger partial charge in [0, 0.05) is 19.0 Å². The Morgan fingerprint density at radius 2 is 1.97 bits per heavy atom. The third-order valence-corrected chi connectivity index (χ3v) is 6.00. The van der Waals surface area contributed by atoms with Crippen LogP contribution < -0.4 is 19.7 Å². The van der Waals surface area contributed by atoms with E-state index in [4.69, 9.17) is 21.1 Å². The predicted octanol–water partition coefficient (Wildman–Crippen LogP) is 3.77. The fraction of sp³-hybridized carbons (Fsp3) is 0.500. The second-order valence-electron chi connectivity index (χ2n) is 8.39. The van der Waals surface area contributed by atoms with Gasteiger partial charge in [-0.15, -0.1) is 0 Å². The highest BCUT2D eigenvalue weighted by molar-refractivity contribution is 6.34. The Morgan fingerprint density at radius 1 is 1.24 bits per heavy atom. The van der Waals surface area contributed by atoms with Crippen molar-refractivity contribution in [1.29, 1.82) is 0 Å². The molecule has 0 saturated carbocycles. The quantitative estimate of drug-likeness (QED) is 0.560. The molecular weight excluding hydrogens is 444 g/mol. The lowest BCUT2D eigenvalue weighted by Crippen LogP contribution is -2.35. The summed E-state index contributed by atoms with van der Waals surface area (Å²) >= 11 is 6.42. The number of carbonyl (C=O) groups excluding carboxylic acids is 2. The van der Waals surface area contributed by atoms with Crippen LogP contribution in [0.15, 0.2) is 30.6 Å². The number of benzene rings is 1. The largest absolute Gasteiger partial charge is 0.489 e. The maximum Gasteiger partial charge on any atom is 0.238 e. The number of anilines is 1. The minimum atomic E-state index is -0.227. The lowest BCUT2D eigenvalue weighted by molar-refractivity contribution is -0.123. The van der Waals surface area contributed by atoms with E-state index in [2.05, 4.69) is 15.3 Å². The highest BCUT2D eigenvalue weighted by Crippen LogP contribution is 2.33. The number of hydrogen-bond donors (Lipinski definition) is 1. The van der Waals surface area contributed by atoms with E-state index >= 15 is 0 Å². The van der Waals surface area contributed by atoms with Crippen LogP contribution in [0, 0.1) is 0 Å². The summed E-state index contributed by atoms with van der Waals surface area (Å²) in [6.45, 7) is 8.63. The molecule has 1 aliphatic rings. The normalized spacial score (nSPS) is 17.4. The van der Waals surface area contributed by atoms with Gasteiger partial charge in [-0.3, -0.25) is 9.59 Å². The number of nitrogens with one attached hydrogen (secondary N) is 1. The molecular formula is C24H31ClN4O4. The molecule has 1 amide bonds. The topological polar surface area (TPSA) is 93.7 Å². The molecule has 1 saturated heterocycles. The zero-order chi connectivity index (χ0) is 24.0. The fourth-order valence-electron chi connectivity index (χ4n) is 3.50. The first-order valence-corrected chi connectivity index (χ1v) is 11.6. The molecule has 9 heteroatoms. The monoisotopic (exact) mass is 474 g/mol. The Morgan fingerprint density at radius 3 is 2.64 bits per heavy atom. The molecule has 0 bridgehead atoms. The van der Waals surface area contributed by atoms with Gasteiger partial charge in [0.2, 0.25) is 11.8 Å². The van der Waals surface area contributed by atoms with E-state index < -0.39 is 0 Å². The van der Waals surface area contributed by atoms with Crippen LogP contribution in [0.1, 0.15) is 52.0 Å². The molecule has 1 aromatic heterocycles. The summed E-state index contributed by atoms with van der Waals surface area (Å²) in [5.74, 6) is 1.19. The molecule has 2 heterocycles. The second-order valence-corrected chi connectivity index (χ2v) is 8.77. The van der Waals surface area contributed by atoms with Crippen LogP contribution in [0.4, 0.5) is 5.82 Å². The van der Waals surface area contributed by atoms with Gasteiger partial charge in [0.25, 0.3) is 0 Å². The number of ketones is 1. The smallest absolute Gasteiger partial charge is 0.238 e. The molecule has 3 rings (SSSR count). The number of amides is 1. The van der Waals surface area contributed by atoms with E-state index in [1.54, 1.807) is 0 Å². The van der Waals surface area contributed by atoms with Crippen molar-refractivity contribution in [3.8, 4) is 11.6 Å². The van der Waals surface area contributed by atoms with Crippen molar-refractivity contribution in [2.75, 3.05) is 24.6 Å². The van der Waals surface area contributed by atoms with Crippen molar-refractivity contribution in [3.05, 3.63) is 41.2 Å². The summed E-state index contributed by atoms with van der Waals surface area (Å²) in [4.78, 5) is 33.9. The molecule has 0 spiro atoms. The van der Waals surface area contributed by atoms with Gasteiger partial charge >= 0.3 is 0 Å². The van der Waals surface area contributed by atoms with Crippen molar-refractivity contribution in [2.24, 2.45) is 0 Å². The van der Waals surface area contributed by atoms with E-state index in [1.165, 1.54) is 13.3 Å². The molecule has 0 aliphatic carbocycles. The molecule has 1 fully saturated rings. The minimum absolute atomic E-state index is 0.0258. The van der Waals surface area contributed by atoms with Crippen LogP contribution in [-0.4, -0.2) is 53.5 Å². The Kier molecular flexibility index (Phi) is 8.49. The Hall–Kier alpha value is -2.87. The lowest BCUT2D eigenvalue weighted by Gasteiger charge is -2.20. The highest BCUT2D eigenvalue weighted by atomic mass is 35.5. The van der Waals surface area contributed by atoms with Gasteiger partial charge in [0.1, 0.15) is 29.8 Å². The lowest BCUT2D eigenvalue weighted by atomic mass is 10.00. The standard InChI is InChI=1S/C24H31ClN4O4/c1-5-15(2)28-23(31)17(4)18-6-8-19(9-7-18)33-20-10-11-29(12-20)22-21(25)24(27-14-26-22)32-13-16(3)30/h6-9,14-15,17,20H,5,10-13H2,1-4H3,(H,28,31)/t15-,17?,20?/m1/s1. The maximum absolute atomic E-state index is 12.4. The summed E-state index contributed by atoms with van der Waals surface area (Å²) in [6.07, 6.45) is 3.05. The zero-order valence-corrected chi connectivity index (χ0v) is 20.3. The van der Waals surface area contributed by atoms with Crippen molar-refractivity contribution in [1.82, 2.24) is 15.3 Å². The van der Waals surface area contributed by atoms with Crippen LogP contribution in [0.3, 0.4) is 0 Å². The van der Waals surface area contributed by atoms with Crippen LogP contribution >= 0.6 is 11.6 Å². The fourth-order valence-corrected chi connectivity index (χ4v) is 3.77. The number of Topliss-reactive ketones (excluding diaryl/α,β-unsaturated/α-hetero) is 1. The number of hydrogen-bond acceptors (Lipinski definition) is 7. The summed E-state index contributed by atoms with van der Waals surface area (Å²) in [6, 6.07) is 7.83. The zero-order valence-electron chi connectivity index (χ0n) is 19.5. The van der Waals surface area contributed by atoms with Crippen LogP contribution in [0.5, 0.6) is 11.6 Å². The third kappa shape index (κ3) is 6.57. The van der Waals surface area contributed by atoms with Gasteiger partial charge in [-0.1, -0.05) is 30.7 Å². The minimum Gasteiger partial charge on any atom is -0.489 e. The van der Waals surface area contributed by atoms with Crippen LogP contribution in [0.25, 0.3) is 0 Å². The van der Waals surface area contributed by atoms with Gasteiger partial charge < -0.3 is 19.7 Å². The van der Waals surface area contributed by atoms with Gasteiger partial charge in [-0.25, -0.2) is 9.97 Å². The van der Waals surface area contributed by atoms with Gasteiger partial charge in [-0.05, 0) is 44.9 Å². The SMILES string of the molecule is CC[C@@H](C)NC(=O)C(C)c1ccc(OC2CCN(c3ncnc(OCC(C)=O)c3Cl)C2)cc1. The number of aromatic nitrogens is 2. The Bertz CT molecular complexity index is 969. The summed E-state index contributed by atoms with van der Waals surface area (Å²) in [5, 5.41) is 3.31. The maximum atomic E-state index is 12.4. The number of nitrogens with zero attached hydrogens (tertiary/aromatic N) is 3. The molecule has 178 valence electrons. The van der Waals surface area contributed by atoms with Gasteiger partial charge in [0.15, 0.2) is 11.6 Å². The number of halogens is 1. The second kappa shape index (κ2) is 11.3. The highest BCUT2D eigenvalue weighted by Gasteiger charge is 2.28. The molecule has 33 heavy (non-hydrogen) atoms. The summed E-state index contributed by atoms with van der Waals surface area (Å²) in [5.41, 5.74) is 0.946.